The van der Waals surface area contributed by atoms with Gasteiger partial charge in [0.2, 0.25) is 0 Å². The first kappa shape index (κ1) is 7.46. The minimum atomic E-state index is 0.710. The van der Waals surface area contributed by atoms with Gasteiger partial charge in [-0.15, -0.1) is 0 Å². The van der Waals surface area contributed by atoms with Crippen LogP contribution in [0.25, 0.3) is 0 Å². The molecule has 9 heavy (non-hydrogen) atoms. The summed E-state index contributed by atoms with van der Waals surface area (Å²) in [6.45, 7) is 4.58. The smallest absolute Gasteiger partial charge is 0.00478 e. The van der Waals surface area contributed by atoms with Gasteiger partial charge in [0.25, 0.3) is 0 Å². The van der Waals surface area contributed by atoms with E-state index in [1.807, 2.05) is 0 Å². The zero-order chi connectivity index (χ0) is 6.85. The normalized spacial score (nSPS) is 42.3. The molecule has 0 radical (unpaired) electrons. The van der Waals surface area contributed by atoms with Gasteiger partial charge in [-0.25, -0.2) is 0 Å². The molecule has 0 N–H and O–H groups in total. The summed E-state index contributed by atoms with van der Waals surface area (Å²) in [6.07, 6.45) is 4.12. The second kappa shape index (κ2) is 2.96. The minimum Gasteiger partial charge on any atom is -0.176 e. The van der Waals surface area contributed by atoms with Gasteiger partial charge in [0.15, 0.2) is 0 Å². The Morgan fingerprint density at radius 1 is 1.56 bits per heavy atom. The molecule has 1 fully saturated rings. The first-order valence-electron chi connectivity index (χ1n) is 3.93. The quantitative estimate of drug-likeness (QED) is 0.566. The van der Waals surface area contributed by atoms with Crippen LogP contribution < -0.4 is 0 Å². The van der Waals surface area contributed by atoms with Crippen LogP contribution in [0.1, 0.15) is 33.1 Å². The highest BCUT2D eigenvalue weighted by molar-refractivity contribution is 7.81. The van der Waals surface area contributed by atoms with Crippen molar-refractivity contribution in [1.29, 1.82) is 0 Å². The van der Waals surface area contributed by atoms with E-state index in [2.05, 4.69) is 26.5 Å². The van der Waals surface area contributed by atoms with Crippen molar-refractivity contribution < 1.29 is 0 Å². The van der Waals surface area contributed by atoms with Gasteiger partial charge in [0.05, 0.1) is 0 Å². The zero-order valence-electron chi connectivity index (χ0n) is 6.30. The highest BCUT2D eigenvalue weighted by Gasteiger charge is 2.33. The Hall–Kier alpha value is 0.350. The molecular weight excluding hydrogens is 128 g/mol. The van der Waals surface area contributed by atoms with E-state index in [0.29, 0.717) is 5.25 Å². The standard InChI is InChI=1S/C8H16S/c1-3-4-7-5-8(9)6(7)2/h6-9H,3-5H2,1-2H3. The molecule has 0 bridgehead atoms. The molecule has 0 nitrogen and oxygen atoms in total. The van der Waals surface area contributed by atoms with Gasteiger partial charge in [-0.05, 0) is 18.3 Å². The van der Waals surface area contributed by atoms with Crippen LogP contribution in [0.4, 0.5) is 0 Å². The molecule has 3 unspecified atom stereocenters. The van der Waals surface area contributed by atoms with Gasteiger partial charge in [-0.1, -0.05) is 26.7 Å². The summed E-state index contributed by atoms with van der Waals surface area (Å²) in [5, 5.41) is 0.710. The maximum absolute atomic E-state index is 4.43. The third-order valence-electron chi connectivity index (χ3n) is 2.55. The first-order chi connectivity index (χ1) is 4.25. The van der Waals surface area contributed by atoms with Crippen molar-refractivity contribution in [3.63, 3.8) is 0 Å². The highest BCUT2D eigenvalue weighted by atomic mass is 32.1. The van der Waals surface area contributed by atoms with Gasteiger partial charge in [0.1, 0.15) is 0 Å². The summed E-state index contributed by atoms with van der Waals surface area (Å²) >= 11 is 4.43. The van der Waals surface area contributed by atoms with Crippen LogP contribution in [0, 0.1) is 11.8 Å². The van der Waals surface area contributed by atoms with Crippen LogP contribution in [0.15, 0.2) is 0 Å². The van der Waals surface area contributed by atoms with Gasteiger partial charge in [-0.2, -0.15) is 12.6 Å². The topological polar surface area (TPSA) is 0 Å². The van der Waals surface area contributed by atoms with Gasteiger partial charge in [-0.3, -0.25) is 0 Å². The maximum Gasteiger partial charge on any atom is 0.00478 e. The summed E-state index contributed by atoms with van der Waals surface area (Å²) in [7, 11) is 0. The molecule has 1 rings (SSSR count). The molecule has 3 atom stereocenters. The Kier molecular flexibility index (Phi) is 2.45. The molecule has 0 aromatic heterocycles. The Labute approximate surface area is 63.4 Å². The molecule has 1 aliphatic rings. The zero-order valence-corrected chi connectivity index (χ0v) is 7.20. The molecule has 0 aromatic carbocycles. The number of hydrogen-bond acceptors (Lipinski definition) is 1. The summed E-state index contributed by atoms with van der Waals surface area (Å²) in [6, 6.07) is 0. The first-order valence-corrected chi connectivity index (χ1v) is 4.45. The van der Waals surface area contributed by atoms with E-state index in [1.54, 1.807) is 0 Å². The van der Waals surface area contributed by atoms with E-state index in [0.717, 1.165) is 11.8 Å². The largest absolute Gasteiger partial charge is 0.176 e. The molecule has 1 saturated carbocycles. The van der Waals surface area contributed by atoms with Gasteiger partial charge < -0.3 is 0 Å². The second-order valence-corrected chi connectivity index (χ2v) is 3.87. The summed E-state index contributed by atoms with van der Waals surface area (Å²) in [5.74, 6) is 1.88. The molecule has 54 valence electrons. The van der Waals surface area contributed by atoms with Crippen LogP contribution in [-0.4, -0.2) is 5.25 Å². The van der Waals surface area contributed by atoms with E-state index >= 15 is 0 Å². The van der Waals surface area contributed by atoms with Crippen molar-refractivity contribution in [2.45, 2.75) is 38.4 Å². The fraction of sp³-hybridized carbons (Fsp3) is 1.00. The van der Waals surface area contributed by atoms with Crippen molar-refractivity contribution in [1.82, 2.24) is 0 Å². The average Bonchev–Trinajstić information content (AvgIpc) is 1.88. The second-order valence-electron chi connectivity index (χ2n) is 3.21. The average molecular weight is 144 g/mol. The molecule has 1 heteroatoms. The molecule has 0 aliphatic heterocycles. The van der Waals surface area contributed by atoms with Crippen LogP contribution in [0.5, 0.6) is 0 Å². The Bertz CT molecular complexity index is 88.6. The number of thiol groups is 1. The van der Waals surface area contributed by atoms with E-state index < -0.39 is 0 Å². The predicted octanol–water partition coefficient (Wildman–Crippen LogP) is 2.74. The van der Waals surface area contributed by atoms with Crippen molar-refractivity contribution in [2.75, 3.05) is 0 Å². The van der Waals surface area contributed by atoms with Crippen LogP contribution in [0.2, 0.25) is 0 Å². The van der Waals surface area contributed by atoms with E-state index in [1.165, 1.54) is 19.3 Å². The summed E-state index contributed by atoms with van der Waals surface area (Å²) < 4.78 is 0. The van der Waals surface area contributed by atoms with Crippen LogP contribution in [0.3, 0.4) is 0 Å². The highest BCUT2D eigenvalue weighted by Crippen LogP contribution is 2.40. The van der Waals surface area contributed by atoms with E-state index in [4.69, 9.17) is 0 Å². The monoisotopic (exact) mass is 144 g/mol. The van der Waals surface area contributed by atoms with E-state index in [-0.39, 0.29) is 0 Å². The Morgan fingerprint density at radius 3 is 2.56 bits per heavy atom. The summed E-state index contributed by atoms with van der Waals surface area (Å²) in [5.41, 5.74) is 0. The van der Waals surface area contributed by atoms with Crippen molar-refractivity contribution in [3.05, 3.63) is 0 Å². The Balaban J connectivity index is 2.17. The predicted molar refractivity (Wildman–Crippen MR) is 45.0 cm³/mol. The van der Waals surface area contributed by atoms with Crippen LogP contribution >= 0.6 is 12.6 Å². The van der Waals surface area contributed by atoms with Crippen molar-refractivity contribution in [3.8, 4) is 0 Å². The fourth-order valence-corrected chi connectivity index (χ4v) is 2.12. The SMILES string of the molecule is CCCC1CC(S)C1C. The van der Waals surface area contributed by atoms with Crippen LogP contribution in [-0.2, 0) is 0 Å². The number of rotatable bonds is 2. The maximum atomic E-state index is 4.43. The minimum absolute atomic E-state index is 0.710. The molecule has 0 aromatic rings. The van der Waals surface area contributed by atoms with Crippen molar-refractivity contribution >= 4 is 12.6 Å². The lowest BCUT2D eigenvalue weighted by atomic mass is 9.72. The molecule has 0 heterocycles. The van der Waals surface area contributed by atoms with Crippen molar-refractivity contribution in [2.24, 2.45) is 11.8 Å². The summed E-state index contributed by atoms with van der Waals surface area (Å²) in [4.78, 5) is 0. The molecule has 0 spiro atoms. The van der Waals surface area contributed by atoms with Gasteiger partial charge >= 0.3 is 0 Å². The lowest BCUT2D eigenvalue weighted by molar-refractivity contribution is 0.196. The Morgan fingerprint density at radius 2 is 2.22 bits per heavy atom. The number of hydrogen-bond donors (Lipinski definition) is 1. The third kappa shape index (κ3) is 1.43. The van der Waals surface area contributed by atoms with Gasteiger partial charge in [0, 0.05) is 5.25 Å². The lowest BCUT2D eigenvalue weighted by Crippen LogP contribution is -2.35. The third-order valence-corrected chi connectivity index (χ3v) is 3.24. The fourth-order valence-electron chi connectivity index (χ4n) is 1.61. The molecule has 0 saturated heterocycles. The molecule has 0 amide bonds. The van der Waals surface area contributed by atoms with E-state index in [9.17, 15) is 0 Å². The molecule has 1 aliphatic carbocycles. The molecular formula is C8H16S. The lowest BCUT2D eigenvalue weighted by Gasteiger charge is -2.40.